The second kappa shape index (κ2) is 7.94. The number of hydrogen-bond donors (Lipinski definition) is 0. The maximum atomic E-state index is 10.7. The van der Waals surface area contributed by atoms with Crippen molar-refractivity contribution in [3.63, 3.8) is 0 Å². The second-order valence-corrected chi connectivity index (χ2v) is 3.94. The van der Waals surface area contributed by atoms with E-state index in [-0.39, 0.29) is 5.78 Å². The molecule has 0 fully saturated rings. The molecular weight excluding hydrogens is 178 g/mol. The molecule has 0 aliphatic heterocycles. The molecule has 1 atom stereocenters. The number of carbonyl (C=O) groups is 1. The molecule has 0 rings (SSSR count). The van der Waals surface area contributed by atoms with Gasteiger partial charge in [-0.25, -0.2) is 0 Å². The highest BCUT2D eigenvalue weighted by atomic mass is 16.5. The molecule has 0 bridgehead atoms. The minimum absolute atomic E-state index is 0.289. The number of methoxy groups -OCH3 is 1. The first-order valence-corrected chi connectivity index (χ1v) is 5.26. The van der Waals surface area contributed by atoms with Gasteiger partial charge in [-0.15, -0.1) is 0 Å². The van der Waals surface area contributed by atoms with Gasteiger partial charge in [-0.3, -0.25) is 0 Å². The number of hydrogen-bond acceptors (Lipinski definition) is 3. The van der Waals surface area contributed by atoms with Crippen LogP contribution in [0.2, 0.25) is 0 Å². The van der Waals surface area contributed by atoms with Crippen LogP contribution in [-0.2, 0) is 9.53 Å². The lowest BCUT2D eigenvalue weighted by Crippen LogP contribution is -2.33. The number of likely N-dealkylation sites (N-methyl/N-ethyl adjacent to an activating group) is 1. The van der Waals surface area contributed by atoms with Crippen LogP contribution in [0.4, 0.5) is 0 Å². The number of ether oxygens (including phenoxy) is 1. The van der Waals surface area contributed by atoms with E-state index in [2.05, 4.69) is 18.9 Å². The second-order valence-electron chi connectivity index (χ2n) is 3.94. The number of rotatable bonds is 8. The zero-order chi connectivity index (χ0) is 11.0. The Bertz CT molecular complexity index is 159. The van der Waals surface area contributed by atoms with Crippen molar-refractivity contribution >= 4 is 5.78 Å². The van der Waals surface area contributed by atoms with Crippen LogP contribution >= 0.6 is 0 Å². The van der Waals surface area contributed by atoms with E-state index in [4.69, 9.17) is 4.74 Å². The smallest absolute Gasteiger partial charge is 0.129 e. The lowest BCUT2D eigenvalue weighted by atomic mass is 10.2. The van der Waals surface area contributed by atoms with Gasteiger partial charge in [0.15, 0.2) is 0 Å². The standard InChI is InChI=1S/C11H23NO2/c1-10(9-14-4)12(3)8-6-5-7-11(2)13/h10H,5-9H2,1-4H3. The maximum absolute atomic E-state index is 10.7. The van der Waals surface area contributed by atoms with E-state index in [0.29, 0.717) is 12.5 Å². The van der Waals surface area contributed by atoms with Gasteiger partial charge < -0.3 is 14.4 Å². The van der Waals surface area contributed by atoms with Crippen molar-refractivity contribution in [1.82, 2.24) is 4.90 Å². The van der Waals surface area contributed by atoms with Crippen molar-refractivity contribution in [2.45, 2.75) is 39.2 Å². The molecule has 0 aliphatic carbocycles. The maximum Gasteiger partial charge on any atom is 0.129 e. The fourth-order valence-electron chi connectivity index (χ4n) is 1.32. The molecule has 0 spiro atoms. The molecule has 3 nitrogen and oxygen atoms in total. The van der Waals surface area contributed by atoms with Gasteiger partial charge in [-0.2, -0.15) is 0 Å². The van der Waals surface area contributed by atoms with Gasteiger partial charge in [0.2, 0.25) is 0 Å². The molecule has 0 aromatic heterocycles. The SMILES string of the molecule is COCC(C)N(C)CCCCC(C)=O. The number of Topliss-reactive ketones (excluding diaryl/α,β-unsaturated/α-hetero) is 1. The topological polar surface area (TPSA) is 29.5 Å². The third-order valence-electron chi connectivity index (χ3n) is 2.45. The highest BCUT2D eigenvalue weighted by Crippen LogP contribution is 2.01. The van der Waals surface area contributed by atoms with Crippen LogP contribution in [0.15, 0.2) is 0 Å². The van der Waals surface area contributed by atoms with Crippen molar-refractivity contribution in [2.75, 3.05) is 27.3 Å². The van der Waals surface area contributed by atoms with Crippen LogP contribution < -0.4 is 0 Å². The molecule has 84 valence electrons. The Hall–Kier alpha value is -0.410. The Balaban J connectivity index is 3.43. The van der Waals surface area contributed by atoms with Gasteiger partial charge in [-0.1, -0.05) is 0 Å². The monoisotopic (exact) mass is 201 g/mol. The van der Waals surface area contributed by atoms with Crippen molar-refractivity contribution in [2.24, 2.45) is 0 Å². The van der Waals surface area contributed by atoms with Crippen LogP contribution in [-0.4, -0.2) is 44.0 Å². The van der Waals surface area contributed by atoms with Crippen molar-refractivity contribution in [3.05, 3.63) is 0 Å². The summed E-state index contributed by atoms with van der Waals surface area (Å²) < 4.78 is 5.07. The molecule has 3 heteroatoms. The fourth-order valence-corrected chi connectivity index (χ4v) is 1.32. The molecule has 0 radical (unpaired) electrons. The normalized spacial score (nSPS) is 13.2. The van der Waals surface area contributed by atoms with Gasteiger partial charge in [0, 0.05) is 19.6 Å². The molecule has 0 aliphatic rings. The lowest BCUT2D eigenvalue weighted by Gasteiger charge is -2.23. The van der Waals surface area contributed by atoms with E-state index in [1.807, 2.05) is 0 Å². The van der Waals surface area contributed by atoms with E-state index in [1.54, 1.807) is 14.0 Å². The van der Waals surface area contributed by atoms with E-state index >= 15 is 0 Å². The summed E-state index contributed by atoms with van der Waals surface area (Å²) >= 11 is 0. The average molecular weight is 201 g/mol. The first-order chi connectivity index (χ1) is 6.57. The molecule has 14 heavy (non-hydrogen) atoms. The summed E-state index contributed by atoms with van der Waals surface area (Å²) in [6.45, 7) is 5.60. The average Bonchev–Trinajstić information content (AvgIpc) is 2.12. The largest absolute Gasteiger partial charge is 0.383 e. The van der Waals surface area contributed by atoms with Crippen LogP contribution in [0.1, 0.15) is 33.1 Å². The highest BCUT2D eigenvalue weighted by Gasteiger charge is 2.07. The predicted molar refractivity (Wildman–Crippen MR) is 58.5 cm³/mol. The van der Waals surface area contributed by atoms with E-state index in [0.717, 1.165) is 26.0 Å². The van der Waals surface area contributed by atoms with E-state index in [1.165, 1.54) is 0 Å². The quantitative estimate of drug-likeness (QED) is 0.560. The predicted octanol–water partition coefficient (Wildman–Crippen LogP) is 1.71. The van der Waals surface area contributed by atoms with Crippen molar-refractivity contribution in [3.8, 4) is 0 Å². The molecule has 0 amide bonds. The van der Waals surface area contributed by atoms with Crippen molar-refractivity contribution in [1.29, 1.82) is 0 Å². The number of nitrogens with zero attached hydrogens (tertiary/aromatic N) is 1. The summed E-state index contributed by atoms with van der Waals surface area (Å²) in [5.41, 5.74) is 0. The molecule has 0 saturated carbocycles. The van der Waals surface area contributed by atoms with Gasteiger partial charge in [-0.05, 0) is 40.3 Å². The van der Waals surface area contributed by atoms with Crippen molar-refractivity contribution < 1.29 is 9.53 Å². The molecular formula is C11H23NO2. The Labute approximate surface area is 87.4 Å². The van der Waals surface area contributed by atoms with Gasteiger partial charge in [0.05, 0.1) is 6.61 Å². The van der Waals surface area contributed by atoms with Gasteiger partial charge in [0.1, 0.15) is 5.78 Å². The van der Waals surface area contributed by atoms with Gasteiger partial charge >= 0.3 is 0 Å². The fraction of sp³-hybridized carbons (Fsp3) is 0.909. The van der Waals surface area contributed by atoms with Crippen LogP contribution in [0.3, 0.4) is 0 Å². The first kappa shape index (κ1) is 13.6. The highest BCUT2D eigenvalue weighted by molar-refractivity contribution is 5.75. The minimum atomic E-state index is 0.289. The van der Waals surface area contributed by atoms with Crippen LogP contribution in [0, 0.1) is 0 Å². The summed E-state index contributed by atoms with van der Waals surface area (Å²) in [7, 11) is 3.82. The van der Waals surface area contributed by atoms with Crippen LogP contribution in [0.25, 0.3) is 0 Å². The Kier molecular flexibility index (Phi) is 7.71. The molecule has 0 N–H and O–H groups in total. The number of carbonyl (C=O) groups excluding carboxylic acids is 1. The summed E-state index contributed by atoms with van der Waals surface area (Å²) in [4.78, 5) is 13.0. The molecule has 0 aromatic carbocycles. The number of unbranched alkanes of at least 4 members (excludes halogenated alkanes) is 1. The third-order valence-corrected chi connectivity index (χ3v) is 2.45. The summed E-state index contributed by atoms with van der Waals surface area (Å²) in [5, 5.41) is 0. The molecule has 0 saturated heterocycles. The Morgan fingerprint density at radius 2 is 2.07 bits per heavy atom. The zero-order valence-electron chi connectivity index (χ0n) is 9.88. The lowest BCUT2D eigenvalue weighted by molar-refractivity contribution is -0.117. The van der Waals surface area contributed by atoms with E-state index < -0.39 is 0 Å². The number of ketones is 1. The molecule has 0 aromatic rings. The third kappa shape index (κ3) is 7.04. The molecule has 0 heterocycles. The zero-order valence-corrected chi connectivity index (χ0v) is 9.88. The Morgan fingerprint density at radius 1 is 1.43 bits per heavy atom. The summed E-state index contributed by atoms with van der Waals surface area (Å²) in [6, 6.07) is 0.456. The van der Waals surface area contributed by atoms with Crippen LogP contribution in [0.5, 0.6) is 0 Å². The van der Waals surface area contributed by atoms with Gasteiger partial charge in [0.25, 0.3) is 0 Å². The van der Waals surface area contributed by atoms with E-state index in [9.17, 15) is 4.79 Å². The summed E-state index contributed by atoms with van der Waals surface area (Å²) in [6.07, 6.45) is 2.80. The molecule has 1 unspecified atom stereocenters. The first-order valence-electron chi connectivity index (χ1n) is 5.26. The minimum Gasteiger partial charge on any atom is -0.383 e. The Morgan fingerprint density at radius 3 is 2.57 bits per heavy atom. The summed E-state index contributed by atoms with van der Waals surface area (Å²) in [5.74, 6) is 0.289.